The quantitative estimate of drug-likeness (QED) is 0.285. The number of anilines is 2. The first kappa shape index (κ1) is 34.6. The summed E-state index contributed by atoms with van der Waals surface area (Å²) in [5.74, 6) is 4.62. The van der Waals surface area contributed by atoms with Crippen LogP contribution in [-0.4, -0.2) is 90.3 Å². The molecule has 0 saturated carbocycles. The number of aromatic hydroxyl groups is 1. The molecule has 262 valence electrons. The fourth-order valence-corrected chi connectivity index (χ4v) is 5.93. The number of piperazine rings is 1. The summed E-state index contributed by atoms with van der Waals surface area (Å²) in [7, 11) is 0. The third-order valence-corrected chi connectivity index (χ3v) is 8.75. The van der Waals surface area contributed by atoms with Crippen LogP contribution in [0.25, 0.3) is 5.78 Å². The largest absolute Gasteiger partial charge is 0.504 e. The molecule has 2 fully saturated rings. The molecule has 0 unspecified atom stereocenters. The molecule has 5 heterocycles. The van der Waals surface area contributed by atoms with Gasteiger partial charge in [0.05, 0.1) is 46.3 Å². The number of ether oxygens (including phenoxy) is 1. The van der Waals surface area contributed by atoms with Gasteiger partial charge in [0.15, 0.2) is 11.4 Å². The van der Waals surface area contributed by atoms with E-state index in [9.17, 15) is 32.7 Å². The Labute approximate surface area is 287 Å². The Kier molecular flexibility index (Phi) is 9.18. The summed E-state index contributed by atoms with van der Waals surface area (Å²) in [5, 5.41) is 17.0. The highest BCUT2D eigenvalue weighted by Gasteiger charge is 2.33. The zero-order chi connectivity index (χ0) is 36.0. The minimum atomic E-state index is -4.62. The number of rotatable bonds is 6. The average Bonchev–Trinajstić information content (AvgIpc) is 3.50. The smallest absolute Gasteiger partial charge is 0.416 e. The molecule has 50 heavy (non-hydrogen) atoms. The minimum absolute atomic E-state index is 0.0327. The van der Waals surface area contributed by atoms with Gasteiger partial charge in [-0.05, 0) is 44.4 Å². The van der Waals surface area contributed by atoms with Crippen LogP contribution in [0.4, 0.5) is 24.5 Å². The molecule has 0 spiro atoms. The van der Waals surface area contributed by atoms with Crippen LogP contribution >= 0.6 is 11.6 Å². The van der Waals surface area contributed by atoms with Gasteiger partial charge in [-0.3, -0.25) is 14.4 Å². The molecule has 3 aromatic heterocycles. The summed E-state index contributed by atoms with van der Waals surface area (Å²) in [6.07, 6.45) is -3.15. The van der Waals surface area contributed by atoms with Gasteiger partial charge in [-0.2, -0.15) is 22.7 Å². The molecule has 0 aliphatic carbocycles. The lowest BCUT2D eigenvalue weighted by atomic mass is 9.90. The monoisotopic (exact) mass is 713 g/mol. The summed E-state index contributed by atoms with van der Waals surface area (Å²) in [4.78, 5) is 56.4. The predicted molar refractivity (Wildman–Crippen MR) is 174 cm³/mol. The van der Waals surface area contributed by atoms with Crippen LogP contribution in [-0.2, 0) is 28.7 Å². The first-order chi connectivity index (χ1) is 23.7. The molecular formula is C32H31ClF3N9O5. The third kappa shape index (κ3) is 6.68. The standard InChI is InChI=1S/C32H31ClF3N9O5/c1-4-22-26(42-9-11-43(12-10-42)28(48)25-27(47)18(2)37-17-38-25)29(49)45-30(40-23(41-45)7-8-31(3)15-50-16-31)44(22)14-24(46)39-21-6-5-19(13-20(21)33)32(34,35)36/h5-6,13,17,47H,4,9-12,14-16H2,1-3H3,(H,39,46). The second-order valence-corrected chi connectivity index (χ2v) is 12.6. The van der Waals surface area contributed by atoms with Gasteiger partial charge in [0.1, 0.15) is 18.6 Å². The maximum atomic E-state index is 14.1. The van der Waals surface area contributed by atoms with E-state index in [1.54, 1.807) is 18.7 Å². The Morgan fingerprint density at radius 1 is 1.16 bits per heavy atom. The van der Waals surface area contributed by atoms with Crippen molar-refractivity contribution in [2.24, 2.45) is 5.41 Å². The topological polar surface area (TPSA) is 160 Å². The Bertz CT molecular complexity index is 2130. The molecular weight excluding hydrogens is 683 g/mol. The van der Waals surface area contributed by atoms with Gasteiger partial charge in [-0.1, -0.05) is 24.4 Å². The van der Waals surface area contributed by atoms with Gasteiger partial charge in [0.25, 0.3) is 11.5 Å². The van der Waals surface area contributed by atoms with E-state index in [4.69, 9.17) is 16.3 Å². The van der Waals surface area contributed by atoms with Crippen LogP contribution in [0.1, 0.15) is 47.1 Å². The molecule has 14 nitrogen and oxygen atoms in total. The van der Waals surface area contributed by atoms with Crippen molar-refractivity contribution in [3.63, 3.8) is 0 Å². The maximum Gasteiger partial charge on any atom is 0.416 e. The zero-order valence-corrected chi connectivity index (χ0v) is 27.9. The van der Waals surface area contributed by atoms with E-state index < -0.39 is 41.1 Å². The third-order valence-electron chi connectivity index (χ3n) is 8.44. The number of amides is 2. The van der Waals surface area contributed by atoms with E-state index in [0.717, 1.165) is 22.7 Å². The van der Waals surface area contributed by atoms with Gasteiger partial charge in [-0.25, -0.2) is 9.97 Å². The molecule has 2 aliphatic rings. The van der Waals surface area contributed by atoms with Crippen molar-refractivity contribution >= 4 is 40.6 Å². The number of carbonyl (C=O) groups excluding carboxylic acids is 2. The van der Waals surface area contributed by atoms with E-state index >= 15 is 0 Å². The average molecular weight is 714 g/mol. The van der Waals surface area contributed by atoms with Crippen molar-refractivity contribution in [1.82, 2.24) is 34.0 Å². The highest BCUT2D eigenvalue weighted by molar-refractivity contribution is 6.33. The maximum absolute atomic E-state index is 14.1. The number of alkyl halides is 3. The number of hydrogen-bond donors (Lipinski definition) is 2. The molecule has 4 aromatic rings. The summed E-state index contributed by atoms with van der Waals surface area (Å²) < 4.78 is 47.4. The Hall–Kier alpha value is -5.21. The van der Waals surface area contributed by atoms with Gasteiger partial charge in [0.2, 0.25) is 17.5 Å². The van der Waals surface area contributed by atoms with Crippen molar-refractivity contribution in [2.45, 2.75) is 39.9 Å². The van der Waals surface area contributed by atoms with Crippen LogP contribution in [0.3, 0.4) is 0 Å². The summed E-state index contributed by atoms with van der Waals surface area (Å²) in [5.41, 5.74) is -1.10. The van der Waals surface area contributed by atoms with E-state index in [2.05, 4.69) is 37.2 Å². The molecule has 2 N–H and O–H groups in total. The van der Waals surface area contributed by atoms with Crippen molar-refractivity contribution in [1.29, 1.82) is 0 Å². The van der Waals surface area contributed by atoms with Crippen molar-refractivity contribution in [3.05, 3.63) is 68.4 Å². The number of fused-ring (bicyclic) bond motifs is 1. The van der Waals surface area contributed by atoms with Crippen LogP contribution in [0.15, 0.2) is 29.3 Å². The Balaban J connectivity index is 1.34. The lowest BCUT2D eigenvalue weighted by molar-refractivity contribution is -0.137. The number of aromatic nitrogens is 6. The minimum Gasteiger partial charge on any atom is -0.504 e. The Morgan fingerprint density at radius 3 is 2.50 bits per heavy atom. The number of nitrogens with zero attached hydrogens (tertiary/aromatic N) is 8. The molecule has 2 saturated heterocycles. The van der Waals surface area contributed by atoms with E-state index in [1.807, 2.05) is 6.92 Å². The molecule has 0 radical (unpaired) electrons. The SMILES string of the molecule is CCc1c(N2CCN(C(=O)c3ncnc(C)c3O)CC2)c(=O)n2nc(C#CC3(C)COC3)nc2n1CC(=O)Nc1ccc(C(F)(F)F)cc1Cl. The van der Waals surface area contributed by atoms with E-state index in [1.165, 1.54) is 15.8 Å². The normalized spacial score (nSPS) is 15.7. The molecule has 0 atom stereocenters. The molecule has 2 amide bonds. The second kappa shape index (κ2) is 13.2. The zero-order valence-electron chi connectivity index (χ0n) is 27.1. The van der Waals surface area contributed by atoms with Crippen LogP contribution in [0, 0.1) is 24.2 Å². The van der Waals surface area contributed by atoms with Crippen LogP contribution < -0.4 is 15.8 Å². The van der Waals surface area contributed by atoms with Gasteiger partial charge >= 0.3 is 6.18 Å². The number of carbonyl (C=O) groups is 2. The van der Waals surface area contributed by atoms with E-state index in [0.29, 0.717) is 18.9 Å². The van der Waals surface area contributed by atoms with Crippen molar-refractivity contribution < 1.29 is 32.6 Å². The first-order valence-electron chi connectivity index (χ1n) is 15.5. The van der Waals surface area contributed by atoms with Crippen molar-refractivity contribution in [3.8, 4) is 17.6 Å². The number of nitrogens with one attached hydrogen (secondary N) is 1. The Morgan fingerprint density at radius 2 is 1.88 bits per heavy atom. The first-order valence-corrected chi connectivity index (χ1v) is 15.9. The number of hydrogen-bond acceptors (Lipinski definition) is 10. The summed E-state index contributed by atoms with van der Waals surface area (Å²) in [6, 6.07) is 2.59. The fraction of sp³-hybridized carbons (Fsp3) is 0.406. The molecule has 18 heteroatoms. The van der Waals surface area contributed by atoms with Crippen LogP contribution in [0.5, 0.6) is 5.75 Å². The lowest BCUT2D eigenvalue weighted by Gasteiger charge is -2.36. The fourth-order valence-electron chi connectivity index (χ4n) is 5.70. The second-order valence-electron chi connectivity index (χ2n) is 12.2. The summed E-state index contributed by atoms with van der Waals surface area (Å²) >= 11 is 6.10. The van der Waals surface area contributed by atoms with Gasteiger partial charge in [0, 0.05) is 26.2 Å². The van der Waals surface area contributed by atoms with Crippen molar-refractivity contribution in [2.75, 3.05) is 49.6 Å². The predicted octanol–water partition coefficient (Wildman–Crippen LogP) is 2.92. The highest BCUT2D eigenvalue weighted by atomic mass is 35.5. The summed E-state index contributed by atoms with van der Waals surface area (Å²) in [6.45, 7) is 6.54. The molecule has 6 rings (SSSR count). The lowest BCUT2D eigenvalue weighted by Crippen LogP contribution is -2.51. The van der Waals surface area contributed by atoms with Gasteiger partial charge in [-0.15, -0.1) is 5.10 Å². The number of aryl methyl sites for hydroxylation is 1. The molecule has 1 aromatic carbocycles. The van der Waals surface area contributed by atoms with Crippen LogP contribution in [0.2, 0.25) is 5.02 Å². The number of benzene rings is 1. The highest BCUT2D eigenvalue weighted by Crippen LogP contribution is 2.34. The van der Waals surface area contributed by atoms with Gasteiger partial charge < -0.3 is 29.5 Å². The van der Waals surface area contributed by atoms with E-state index in [-0.39, 0.29) is 77.7 Å². The molecule has 0 bridgehead atoms. The molecule has 2 aliphatic heterocycles. The number of halogens is 4.